The molecule has 0 aromatic heterocycles. The standard InChI is InChI=1S/C10H16N2O4S/c1-12-6-9(13)10(14)7-3-2-4-8(5-7)17(11,15)16/h2-5,9-10,12-14H,6H2,1H3,(H2,11,15,16). The van der Waals surface area contributed by atoms with Gasteiger partial charge in [-0.25, -0.2) is 13.6 Å². The molecule has 0 bridgehead atoms. The highest BCUT2D eigenvalue weighted by Crippen LogP contribution is 2.19. The van der Waals surface area contributed by atoms with Crippen molar-refractivity contribution in [1.29, 1.82) is 0 Å². The molecule has 5 N–H and O–H groups in total. The van der Waals surface area contributed by atoms with Gasteiger partial charge in [-0.15, -0.1) is 0 Å². The predicted octanol–water partition coefficient (Wildman–Crippen LogP) is -1.05. The highest BCUT2D eigenvalue weighted by Gasteiger charge is 2.19. The number of sulfonamides is 1. The van der Waals surface area contributed by atoms with Crippen LogP contribution in [0.25, 0.3) is 0 Å². The maximum atomic E-state index is 11.1. The molecule has 1 aromatic rings. The number of nitrogens with one attached hydrogen (secondary N) is 1. The molecule has 96 valence electrons. The van der Waals surface area contributed by atoms with Crippen molar-refractivity contribution in [1.82, 2.24) is 5.32 Å². The monoisotopic (exact) mass is 260 g/mol. The first-order valence-electron chi connectivity index (χ1n) is 4.99. The van der Waals surface area contributed by atoms with Crippen LogP contribution >= 0.6 is 0 Å². The SMILES string of the molecule is CNCC(O)C(O)c1cccc(S(N)(=O)=O)c1. The second-order valence-corrected chi connectivity index (χ2v) is 5.25. The Balaban J connectivity index is 3.00. The summed E-state index contributed by atoms with van der Waals surface area (Å²) in [6.07, 6.45) is -2.18. The molecule has 0 spiro atoms. The largest absolute Gasteiger partial charge is 0.389 e. The van der Waals surface area contributed by atoms with Crippen LogP contribution in [0.1, 0.15) is 11.7 Å². The summed E-state index contributed by atoms with van der Waals surface area (Å²) in [6.45, 7) is 0.195. The second kappa shape index (κ2) is 5.56. The van der Waals surface area contributed by atoms with E-state index in [9.17, 15) is 18.6 Å². The minimum absolute atomic E-state index is 0.0919. The highest BCUT2D eigenvalue weighted by atomic mass is 32.2. The lowest BCUT2D eigenvalue weighted by atomic mass is 10.0. The summed E-state index contributed by atoms with van der Waals surface area (Å²) in [7, 11) is -2.17. The third-order valence-corrected chi connectivity index (χ3v) is 3.22. The summed E-state index contributed by atoms with van der Waals surface area (Å²) in [5.41, 5.74) is 0.305. The lowest BCUT2D eigenvalue weighted by Gasteiger charge is -2.18. The molecule has 0 amide bonds. The minimum Gasteiger partial charge on any atom is -0.389 e. The van der Waals surface area contributed by atoms with E-state index in [0.29, 0.717) is 5.56 Å². The molecule has 1 rings (SSSR count). The molecule has 0 saturated heterocycles. The van der Waals surface area contributed by atoms with Crippen LogP contribution in [-0.2, 0) is 10.0 Å². The zero-order valence-electron chi connectivity index (χ0n) is 9.37. The van der Waals surface area contributed by atoms with E-state index in [2.05, 4.69) is 5.32 Å². The van der Waals surface area contributed by atoms with E-state index >= 15 is 0 Å². The smallest absolute Gasteiger partial charge is 0.238 e. The molecular weight excluding hydrogens is 244 g/mol. The van der Waals surface area contributed by atoms with Crippen LogP contribution in [0, 0.1) is 0 Å². The number of primary sulfonamides is 1. The predicted molar refractivity (Wildman–Crippen MR) is 62.7 cm³/mol. The molecule has 0 heterocycles. The Labute approximate surface area is 100 Å². The molecule has 7 heteroatoms. The molecule has 0 fully saturated rings. The van der Waals surface area contributed by atoms with Crippen LogP contribution in [0.3, 0.4) is 0 Å². The van der Waals surface area contributed by atoms with Crippen molar-refractivity contribution in [2.45, 2.75) is 17.1 Å². The van der Waals surface area contributed by atoms with Gasteiger partial charge in [-0.05, 0) is 24.7 Å². The van der Waals surface area contributed by atoms with Crippen molar-refractivity contribution in [2.24, 2.45) is 5.14 Å². The van der Waals surface area contributed by atoms with Crippen molar-refractivity contribution in [3.05, 3.63) is 29.8 Å². The quantitative estimate of drug-likeness (QED) is 0.539. The van der Waals surface area contributed by atoms with E-state index in [4.69, 9.17) is 5.14 Å². The molecule has 0 aliphatic rings. The first kappa shape index (κ1) is 14.1. The topological polar surface area (TPSA) is 113 Å². The summed E-state index contributed by atoms with van der Waals surface area (Å²) in [5, 5.41) is 27.0. The van der Waals surface area contributed by atoms with Crippen LogP contribution < -0.4 is 10.5 Å². The molecule has 0 aliphatic heterocycles. The average molecular weight is 260 g/mol. The molecular formula is C10H16N2O4S. The molecule has 17 heavy (non-hydrogen) atoms. The average Bonchev–Trinajstić information content (AvgIpc) is 2.27. The third-order valence-electron chi connectivity index (χ3n) is 2.31. The zero-order chi connectivity index (χ0) is 13.1. The van der Waals surface area contributed by atoms with Crippen LogP contribution in [0.2, 0.25) is 0 Å². The molecule has 6 nitrogen and oxygen atoms in total. The Morgan fingerprint density at radius 3 is 2.59 bits per heavy atom. The lowest BCUT2D eigenvalue weighted by Crippen LogP contribution is -2.29. The number of aliphatic hydroxyl groups is 2. The zero-order valence-corrected chi connectivity index (χ0v) is 10.2. The number of rotatable bonds is 5. The maximum absolute atomic E-state index is 11.1. The van der Waals surface area contributed by atoms with Gasteiger partial charge < -0.3 is 15.5 Å². The van der Waals surface area contributed by atoms with Gasteiger partial charge in [0.05, 0.1) is 11.0 Å². The fraction of sp³-hybridized carbons (Fsp3) is 0.400. The second-order valence-electron chi connectivity index (χ2n) is 3.69. The Kier molecular flexibility index (Phi) is 4.61. The number of aliphatic hydroxyl groups excluding tert-OH is 2. The third kappa shape index (κ3) is 3.76. The van der Waals surface area contributed by atoms with Gasteiger partial charge in [0.15, 0.2) is 0 Å². The van der Waals surface area contributed by atoms with Gasteiger partial charge in [0, 0.05) is 6.54 Å². The number of hydrogen-bond donors (Lipinski definition) is 4. The van der Waals surface area contributed by atoms with Crippen molar-refractivity contribution < 1.29 is 18.6 Å². The van der Waals surface area contributed by atoms with Crippen LogP contribution in [0.5, 0.6) is 0 Å². The summed E-state index contributed by atoms with van der Waals surface area (Å²) < 4.78 is 22.2. The van der Waals surface area contributed by atoms with Gasteiger partial charge in [0.2, 0.25) is 10.0 Å². The fourth-order valence-corrected chi connectivity index (χ4v) is 1.99. The molecule has 0 saturated carbocycles. The van der Waals surface area contributed by atoms with Gasteiger partial charge in [-0.3, -0.25) is 0 Å². The first-order chi connectivity index (χ1) is 7.86. The van der Waals surface area contributed by atoms with E-state index in [1.54, 1.807) is 7.05 Å². The van der Waals surface area contributed by atoms with Gasteiger partial charge in [0.1, 0.15) is 6.10 Å². The van der Waals surface area contributed by atoms with E-state index < -0.39 is 22.2 Å². The minimum atomic E-state index is -3.81. The van der Waals surface area contributed by atoms with Crippen molar-refractivity contribution in [2.75, 3.05) is 13.6 Å². The number of hydrogen-bond acceptors (Lipinski definition) is 5. The van der Waals surface area contributed by atoms with Crippen LogP contribution in [0.15, 0.2) is 29.2 Å². The van der Waals surface area contributed by atoms with Gasteiger partial charge in [-0.1, -0.05) is 12.1 Å². The van der Waals surface area contributed by atoms with Crippen LogP contribution in [0.4, 0.5) is 0 Å². The lowest BCUT2D eigenvalue weighted by molar-refractivity contribution is 0.0201. The molecule has 2 unspecified atom stereocenters. The molecule has 1 aromatic carbocycles. The number of likely N-dealkylation sites (N-methyl/N-ethyl adjacent to an activating group) is 1. The van der Waals surface area contributed by atoms with Crippen molar-refractivity contribution in [3.63, 3.8) is 0 Å². The Morgan fingerprint density at radius 1 is 1.41 bits per heavy atom. The number of benzene rings is 1. The molecule has 0 radical (unpaired) electrons. The maximum Gasteiger partial charge on any atom is 0.238 e. The summed E-state index contributed by atoms with van der Waals surface area (Å²) in [4.78, 5) is -0.0919. The summed E-state index contributed by atoms with van der Waals surface area (Å²) in [6, 6.07) is 5.57. The van der Waals surface area contributed by atoms with Gasteiger partial charge in [0.25, 0.3) is 0 Å². The van der Waals surface area contributed by atoms with Crippen molar-refractivity contribution in [3.8, 4) is 0 Å². The van der Waals surface area contributed by atoms with Gasteiger partial charge >= 0.3 is 0 Å². The van der Waals surface area contributed by atoms with E-state index in [-0.39, 0.29) is 11.4 Å². The molecule has 0 aliphatic carbocycles. The summed E-state index contributed by atoms with van der Waals surface area (Å²) >= 11 is 0. The fourth-order valence-electron chi connectivity index (χ4n) is 1.42. The Hall–Kier alpha value is -0.990. The van der Waals surface area contributed by atoms with Crippen molar-refractivity contribution >= 4 is 10.0 Å². The number of nitrogens with two attached hydrogens (primary N) is 1. The Morgan fingerprint density at radius 2 is 2.06 bits per heavy atom. The normalized spacial score (nSPS) is 15.5. The van der Waals surface area contributed by atoms with E-state index in [1.165, 1.54) is 24.3 Å². The van der Waals surface area contributed by atoms with E-state index in [1.807, 2.05) is 0 Å². The molecule has 2 atom stereocenters. The highest BCUT2D eigenvalue weighted by molar-refractivity contribution is 7.89. The summed E-state index contributed by atoms with van der Waals surface area (Å²) in [5.74, 6) is 0. The van der Waals surface area contributed by atoms with E-state index in [0.717, 1.165) is 0 Å². The first-order valence-corrected chi connectivity index (χ1v) is 6.54. The van der Waals surface area contributed by atoms with Crippen LogP contribution in [-0.4, -0.2) is 38.3 Å². The Bertz CT molecular complexity index is 475. The van der Waals surface area contributed by atoms with Gasteiger partial charge in [-0.2, -0.15) is 0 Å².